The summed E-state index contributed by atoms with van der Waals surface area (Å²) in [5.74, 6) is 1.07. The molecule has 1 aromatic heterocycles. The van der Waals surface area contributed by atoms with Crippen molar-refractivity contribution in [2.24, 2.45) is 0 Å². The van der Waals surface area contributed by atoms with Crippen LogP contribution >= 0.6 is 0 Å². The van der Waals surface area contributed by atoms with Gasteiger partial charge in [-0.25, -0.2) is 0 Å². The molecule has 2 heteroatoms. The second-order valence-electron chi connectivity index (χ2n) is 4.16. The minimum atomic E-state index is 0.860. The Balaban J connectivity index is 0.000000131. The Bertz CT molecular complexity index is 602. The summed E-state index contributed by atoms with van der Waals surface area (Å²) >= 11 is 0. The Morgan fingerprint density at radius 2 is 1.60 bits per heavy atom. The van der Waals surface area contributed by atoms with Crippen LogP contribution in [0.4, 0.5) is 0 Å². The molecule has 0 unspecified atom stereocenters. The molecule has 20 heavy (non-hydrogen) atoms. The van der Waals surface area contributed by atoms with Crippen LogP contribution in [-0.2, 0) is 6.42 Å². The zero-order valence-electron chi connectivity index (χ0n) is 11.4. The molecule has 1 aliphatic heterocycles. The normalized spacial score (nSPS) is 11.4. The van der Waals surface area contributed by atoms with Gasteiger partial charge >= 0.3 is 0 Å². The van der Waals surface area contributed by atoms with Gasteiger partial charge in [-0.2, -0.15) is 0 Å². The van der Waals surface area contributed by atoms with Gasteiger partial charge in [0, 0.05) is 11.8 Å². The van der Waals surface area contributed by atoms with E-state index in [1.807, 2.05) is 48.5 Å². The zero-order chi connectivity index (χ0) is 14.2. The SMILES string of the molecule is C=C.c1ccc2c(c1)CCO2.c1ccc2occc2c1. The summed E-state index contributed by atoms with van der Waals surface area (Å²) in [4.78, 5) is 0. The average molecular weight is 266 g/mol. The molecule has 2 aromatic carbocycles. The van der Waals surface area contributed by atoms with Crippen LogP contribution in [0.1, 0.15) is 5.56 Å². The third-order valence-electron chi connectivity index (χ3n) is 2.96. The minimum absolute atomic E-state index is 0.860. The van der Waals surface area contributed by atoms with Crippen molar-refractivity contribution in [3.63, 3.8) is 0 Å². The minimum Gasteiger partial charge on any atom is -0.493 e. The van der Waals surface area contributed by atoms with Gasteiger partial charge in [-0.15, -0.1) is 13.2 Å². The van der Waals surface area contributed by atoms with E-state index < -0.39 is 0 Å². The molecule has 0 N–H and O–H groups in total. The molecular formula is C18H18O2. The van der Waals surface area contributed by atoms with Crippen LogP contribution in [0.3, 0.4) is 0 Å². The van der Waals surface area contributed by atoms with Crippen molar-refractivity contribution in [1.29, 1.82) is 0 Å². The Hall–Kier alpha value is -2.48. The van der Waals surface area contributed by atoms with Crippen LogP contribution < -0.4 is 4.74 Å². The number of hydrogen-bond donors (Lipinski definition) is 0. The highest BCUT2D eigenvalue weighted by molar-refractivity contribution is 5.76. The van der Waals surface area contributed by atoms with Crippen molar-refractivity contribution in [2.45, 2.75) is 6.42 Å². The lowest BCUT2D eigenvalue weighted by Crippen LogP contribution is -1.85. The number of para-hydroxylation sites is 2. The van der Waals surface area contributed by atoms with Crippen LogP contribution in [0.5, 0.6) is 5.75 Å². The standard InChI is InChI=1S/C8H8O.C8H6O.C2H4/c2*1-2-4-8-7(3-1)5-6-9-8;1-2/h1-4H,5-6H2;1-6H;1-2H2. The number of hydrogen-bond acceptors (Lipinski definition) is 2. The number of ether oxygens (including phenoxy) is 1. The molecule has 3 aromatic rings. The van der Waals surface area contributed by atoms with Gasteiger partial charge in [0.1, 0.15) is 11.3 Å². The molecule has 0 bridgehead atoms. The van der Waals surface area contributed by atoms with Crippen LogP contribution in [-0.4, -0.2) is 6.61 Å². The molecule has 1 aliphatic rings. The second-order valence-corrected chi connectivity index (χ2v) is 4.16. The monoisotopic (exact) mass is 266 g/mol. The first-order valence-electron chi connectivity index (χ1n) is 6.56. The fourth-order valence-electron chi connectivity index (χ4n) is 2.03. The number of fused-ring (bicyclic) bond motifs is 2. The first-order chi connectivity index (χ1) is 9.93. The lowest BCUT2D eigenvalue weighted by Gasteiger charge is -1.93. The fraction of sp³-hybridized carbons (Fsp3) is 0.111. The lowest BCUT2D eigenvalue weighted by molar-refractivity contribution is 0.357. The zero-order valence-corrected chi connectivity index (χ0v) is 11.4. The summed E-state index contributed by atoms with van der Waals surface area (Å²) in [5.41, 5.74) is 2.30. The van der Waals surface area contributed by atoms with Crippen molar-refractivity contribution in [1.82, 2.24) is 0 Å². The molecule has 2 nitrogen and oxygen atoms in total. The maximum atomic E-state index is 5.30. The Kier molecular flexibility index (Phi) is 5.01. The lowest BCUT2D eigenvalue weighted by atomic mass is 10.2. The first kappa shape index (κ1) is 13.9. The van der Waals surface area contributed by atoms with Gasteiger partial charge in [-0.05, 0) is 23.8 Å². The van der Waals surface area contributed by atoms with Crippen LogP contribution in [0, 0.1) is 0 Å². The van der Waals surface area contributed by atoms with E-state index in [1.54, 1.807) is 6.26 Å². The smallest absolute Gasteiger partial charge is 0.133 e. The number of furan rings is 1. The highest BCUT2D eigenvalue weighted by Gasteiger charge is 2.08. The van der Waals surface area contributed by atoms with Crippen molar-refractivity contribution >= 4 is 11.0 Å². The maximum Gasteiger partial charge on any atom is 0.133 e. The molecule has 0 radical (unpaired) electrons. The van der Waals surface area contributed by atoms with E-state index in [0.29, 0.717) is 0 Å². The molecule has 102 valence electrons. The highest BCUT2D eigenvalue weighted by atomic mass is 16.5. The van der Waals surface area contributed by atoms with E-state index in [0.717, 1.165) is 29.7 Å². The largest absolute Gasteiger partial charge is 0.493 e. The van der Waals surface area contributed by atoms with E-state index in [1.165, 1.54) is 5.56 Å². The van der Waals surface area contributed by atoms with Crippen molar-refractivity contribution in [3.8, 4) is 5.75 Å². The average Bonchev–Trinajstić information content (AvgIpc) is 3.18. The molecule has 0 amide bonds. The molecule has 0 fully saturated rings. The summed E-state index contributed by atoms with van der Waals surface area (Å²) in [6.07, 6.45) is 2.78. The van der Waals surface area contributed by atoms with E-state index in [2.05, 4.69) is 19.2 Å². The summed E-state index contributed by atoms with van der Waals surface area (Å²) in [7, 11) is 0. The predicted octanol–water partition coefficient (Wildman–Crippen LogP) is 4.86. The summed E-state index contributed by atoms with van der Waals surface area (Å²) in [6.45, 7) is 6.86. The first-order valence-corrected chi connectivity index (χ1v) is 6.56. The summed E-state index contributed by atoms with van der Waals surface area (Å²) in [5, 5.41) is 1.16. The number of benzene rings is 2. The molecule has 0 atom stereocenters. The van der Waals surface area contributed by atoms with Gasteiger partial charge in [0.25, 0.3) is 0 Å². The van der Waals surface area contributed by atoms with Gasteiger partial charge < -0.3 is 9.15 Å². The van der Waals surface area contributed by atoms with Crippen LogP contribution in [0.25, 0.3) is 11.0 Å². The third kappa shape index (κ3) is 3.29. The quantitative estimate of drug-likeness (QED) is 0.542. The molecular weight excluding hydrogens is 248 g/mol. The summed E-state index contributed by atoms with van der Waals surface area (Å²) in [6, 6.07) is 18.1. The van der Waals surface area contributed by atoms with Crippen LogP contribution in [0.2, 0.25) is 0 Å². The highest BCUT2D eigenvalue weighted by Crippen LogP contribution is 2.23. The van der Waals surface area contributed by atoms with Gasteiger partial charge in [-0.1, -0.05) is 36.4 Å². The van der Waals surface area contributed by atoms with E-state index >= 15 is 0 Å². The van der Waals surface area contributed by atoms with Gasteiger partial charge in [-0.3, -0.25) is 0 Å². The Morgan fingerprint density at radius 3 is 2.40 bits per heavy atom. The second kappa shape index (κ2) is 7.19. The molecule has 0 aliphatic carbocycles. The Labute approximate surface area is 119 Å². The molecule has 2 heterocycles. The fourth-order valence-corrected chi connectivity index (χ4v) is 2.03. The third-order valence-corrected chi connectivity index (χ3v) is 2.96. The van der Waals surface area contributed by atoms with Crippen LogP contribution in [0.15, 0.2) is 78.4 Å². The van der Waals surface area contributed by atoms with E-state index in [9.17, 15) is 0 Å². The van der Waals surface area contributed by atoms with Gasteiger partial charge in [0.2, 0.25) is 0 Å². The van der Waals surface area contributed by atoms with E-state index in [-0.39, 0.29) is 0 Å². The molecule has 0 spiro atoms. The molecule has 4 rings (SSSR count). The maximum absolute atomic E-state index is 5.30. The van der Waals surface area contributed by atoms with Gasteiger partial charge in [0.05, 0.1) is 12.9 Å². The van der Waals surface area contributed by atoms with E-state index in [4.69, 9.17) is 9.15 Å². The topological polar surface area (TPSA) is 22.4 Å². The van der Waals surface area contributed by atoms with Crippen molar-refractivity contribution in [3.05, 3.63) is 79.6 Å². The van der Waals surface area contributed by atoms with Crippen molar-refractivity contribution in [2.75, 3.05) is 6.61 Å². The summed E-state index contributed by atoms with van der Waals surface area (Å²) < 4.78 is 10.4. The Morgan fingerprint density at radius 1 is 0.850 bits per heavy atom. The number of rotatable bonds is 0. The molecule has 0 saturated heterocycles. The molecule has 0 saturated carbocycles. The predicted molar refractivity (Wildman–Crippen MR) is 83.1 cm³/mol. The van der Waals surface area contributed by atoms with Gasteiger partial charge in [0.15, 0.2) is 0 Å². The van der Waals surface area contributed by atoms with Crippen molar-refractivity contribution < 1.29 is 9.15 Å².